The van der Waals surface area contributed by atoms with Gasteiger partial charge in [-0.1, -0.05) is 31.5 Å². The number of unbranched alkanes of at least 4 members (excludes halogenated alkanes) is 1. The van der Waals surface area contributed by atoms with E-state index in [1.165, 1.54) is 16.1 Å². The fourth-order valence-corrected chi connectivity index (χ4v) is 4.31. The van der Waals surface area contributed by atoms with Gasteiger partial charge in [-0.3, -0.25) is 9.10 Å². The van der Waals surface area contributed by atoms with Crippen LogP contribution < -0.4 is 14.4 Å². The topological polar surface area (TPSA) is 75.7 Å². The van der Waals surface area contributed by atoms with Gasteiger partial charge in [0.05, 0.1) is 11.9 Å². The number of aryl methyl sites for hydroxylation is 2. The van der Waals surface area contributed by atoms with Gasteiger partial charge in [0.1, 0.15) is 5.75 Å². The van der Waals surface area contributed by atoms with E-state index < -0.39 is 16.1 Å². The average Bonchev–Trinajstić information content (AvgIpc) is 2.86. The lowest BCUT2D eigenvalue weighted by molar-refractivity contribution is -0.122. The first-order chi connectivity index (χ1) is 13.8. The predicted octanol–water partition coefficient (Wildman–Crippen LogP) is 3.89. The Morgan fingerprint density at radius 2 is 1.93 bits per heavy atom. The zero-order valence-electron chi connectivity index (χ0n) is 17.1. The van der Waals surface area contributed by atoms with Crippen molar-refractivity contribution in [1.82, 2.24) is 0 Å². The monoisotopic (exact) mass is 416 g/mol. The lowest BCUT2D eigenvalue weighted by Crippen LogP contribution is -2.35. The van der Waals surface area contributed by atoms with Crippen LogP contribution >= 0.6 is 0 Å². The molecule has 1 N–H and O–H groups in total. The molecule has 0 bridgehead atoms. The van der Waals surface area contributed by atoms with Crippen molar-refractivity contribution >= 4 is 27.3 Å². The number of ether oxygens (including phenoxy) is 1. The summed E-state index contributed by atoms with van der Waals surface area (Å²) in [7, 11) is -3.48. The first-order valence-electron chi connectivity index (χ1n) is 9.92. The van der Waals surface area contributed by atoms with Gasteiger partial charge in [0.2, 0.25) is 10.0 Å². The highest BCUT2D eigenvalue weighted by Crippen LogP contribution is 2.35. The summed E-state index contributed by atoms with van der Waals surface area (Å²) >= 11 is 0. The number of hydrogen-bond acceptors (Lipinski definition) is 4. The maximum absolute atomic E-state index is 12.8. The minimum absolute atomic E-state index is 0.184. The number of anilines is 2. The van der Waals surface area contributed by atoms with Crippen molar-refractivity contribution in [2.45, 2.75) is 45.6 Å². The highest BCUT2D eigenvalue weighted by molar-refractivity contribution is 7.92. The molecule has 156 valence electrons. The van der Waals surface area contributed by atoms with Gasteiger partial charge in [0.25, 0.3) is 5.91 Å². The number of benzene rings is 2. The Kier molecular flexibility index (Phi) is 6.47. The van der Waals surface area contributed by atoms with Crippen molar-refractivity contribution < 1.29 is 17.9 Å². The van der Waals surface area contributed by atoms with Gasteiger partial charge < -0.3 is 10.1 Å². The van der Waals surface area contributed by atoms with E-state index in [-0.39, 0.29) is 18.9 Å². The Morgan fingerprint density at radius 1 is 1.21 bits per heavy atom. The number of sulfonamides is 1. The van der Waals surface area contributed by atoms with Gasteiger partial charge in [-0.15, -0.1) is 0 Å². The van der Waals surface area contributed by atoms with Crippen molar-refractivity contribution in [1.29, 1.82) is 0 Å². The third-order valence-electron chi connectivity index (χ3n) is 4.98. The van der Waals surface area contributed by atoms with Crippen molar-refractivity contribution in [3.63, 3.8) is 0 Å². The molecule has 3 rings (SSSR count). The number of hydrogen-bond donors (Lipinski definition) is 1. The zero-order chi connectivity index (χ0) is 21.0. The third kappa shape index (κ3) is 5.29. The summed E-state index contributed by atoms with van der Waals surface area (Å²) in [6.45, 7) is 4.23. The molecule has 1 aliphatic rings. The second-order valence-corrected chi connectivity index (χ2v) is 9.40. The molecule has 2 aromatic rings. The van der Waals surface area contributed by atoms with E-state index in [4.69, 9.17) is 4.74 Å². The Hall–Kier alpha value is -2.54. The minimum atomic E-state index is -3.48. The molecule has 0 saturated heterocycles. The molecular weight excluding hydrogens is 388 g/mol. The molecular formula is C22H28N2O4S. The number of carbonyl (C=O) groups excluding carboxylic acids is 1. The summed E-state index contributed by atoms with van der Waals surface area (Å²) in [6, 6.07) is 13.1. The number of carbonyl (C=O) groups is 1. The second-order valence-electron chi connectivity index (χ2n) is 7.49. The minimum Gasteiger partial charge on any atom is -0.478 e. The maximum atomic E-state index is 12.8. The molecule has 6 nitrogen and oxygen atoms in total. The molecule has 0 aromatic heterocycles. The SMILES string of the molecule is CCCCc1ccc(NC(=O)[C@H]2CCN(S(C)(=O)=O)c3cc(C)ccc3O2)cc1. The Bertz CT molecular complexity index is 971. The van der Waals surface area contributed by atoms with E-state index in [1.807, 2.05) is 37.3 Å². The van der Waals surface area contributed by atoms with E-state index in [0.717, 1.165) is 24.8 Å². The molecule has 1 aliphatic heterocycles. The van der Waals surface area contributed by atoms with Crippen LogP contribution in [0.1, 0.15) is 37.3 Å². The maximum Gasteiger partial charge on any atom is 0.265 e. The van der Waals surface area contributed by atoms with Gasteiger partial charge >= 0.3 is 0 Å². The Morgan fingerprint density at radius 3 is 2.59 bits per heavy atom. The molecule has 1 atom stereocenters. The van der Waals surface area contributed by atoms with E-state index in [2.05, 4.69) is 12.2 Å². The van der Waals surface area contributed by atoms with Crippen molar-refractivity contribution in [3.05, 3.63) is 53.6 Å². The predicted molar refractivity (Wildman–Crippen MR) is 116 cm³/mol. The van der Waals surface area contributed by atoms with Crippen LogP contribution in [0.15, 0.2) is 42.5 Å². The van der Waals surface area contributed by atoms with E-state index in [1.54, 1.807) is 12.1 Å². The average molecular weight is 417 g/mol. The molecule has 29 heavy (non-hydrogen) atoms. The molecule has 2 aromatic carbocycles. The molecule has 0 radical (unpaired) electrons. The lowest BCUT2D eigenvalue weighted by Gasteiger charge is -2.21. The van der Waals surface area contributed by atoms with Crippen LogP contribution in [0.2, 0.25) is 0 Å². The van der Waals surface area contributed by atoms with Crippen LogP contribution in [0, 0.1) is 6.92 Å². The number of nitrogens with one attached hydrogen (secondary N) is 1. The summed E-state index contributed by atoms with van der Waals surface area (Å²) < 4.78 is 31.8. The first kappa shape index (κ1) is 21.2. The number of fused-ring (bicyclic) bond motifs is 1. The van der Waals surface area contributed by atoms with Crippen molar-refractivity contribution in [3.8, 4) is 5.75 Å². The fourth-order valence-electron chi connectivity index (χ4n) is 3.38. The van der Waals surface area contributed by atoms with E-state index in [9.17, 15) is 13.2 Å². The molecule has 0 fully saturated rings. The summed E-state index contributed by atoms with van der Waals surface area (Å²) in [5.41, 5.74) is 3.34. The molecule has 1 heterocycles. The third-order valence-corrected chi connectivity index (χ3v) is 6.16. The smallest absolute Gasteiger partial charge is 0.265 e. The van der Waals surface area contributed by atoms with Crippen LogP contribution in [0.3, 0.4) is 0 Å². The highest BCUT2D eigenvalue weighted by atomic mass is 32.2. The normalized spacial score (nSPS) is 16.5. The Labute approximate surface area is 172 Å². The largest absolute Gasteiger partial charge is 0.478 e. The summed E-state index contributed by atoms with van der Waals surface area (Å²) in [5, 5.41) is 2.89. The summed E-state index contributed by atoms with van der Waals surface area (Å²) in [4.78, 5) is 12.8. The molecule has 0 saturated carbocycles. The Balaban J connectivity index is 1.76. The number of rotatable bonds is 6. The van der Waals surface area contributed by atoms with Crippen LogP contribution in [0.5, 0.6) is 5.75 Å². The summed E-state index contributed by atoms with van der Waals surface area (Å²) in [5.74, 6) is 0.113. The van der Waals surface area contributed by atoms with E-state index >= 15 is 0 Å². The number of nitrogens with zero attached hydrogens (tertiary/aromatic N) is 1. The second kappa shape index (κ2) is 8.86. The van der Waals surface area contributed by atoms with Crippen molar-refractivity contribution in [2.75, 3.05) is 22.4 Å². The molecule has 0 aliphatic carbocycles. The van der Waals surface area contributed by atoms with Crippen LogP contribution in [0.25, 0.3) is 0 Å². The van der Waals surface area contributed by atoms with Gasteiger partial charge in [-0.05, 0) is 55.2 Å². The van der Waals surface area contributed by atoms with Gasteiger partial charge in [-0.25, -0.2) is 8.42 Å². The van der Waals surface area contributed by atoms with E-state index in [0.29, 0.717) is 17.1 Å². The van der Waals surface area contributed by atoms with Gasteiger partial charge in [-0.2, -0.15) is 0 Å². The molecule has 1 amide bonds. The van der Waals surface area contributed by atoms with Crippen LogP contribution in [-0.4, -0.2) is 33.2 Å². The standard InChI is InChI=1S/C22H28N2O4S/c1-4-5-6-17-8-10-18(11-9-17)23-22(25)21-13-14-24(29(3,26)27)19-15-16(2)7-12-20(19)28-21/h7-12,15,21H,4-6,13-14H2,1-3H3,(H,23,25)/t21-/m1/s1. The fraction of sp³-hybridized carbons (Fsp3) is 0.409. The van der Waals surface area contributed by atoms with Gasteiger partial charge in [0.15, 0.2) is 6.10 Å². The quantitative estimate of drug-likeness (QED) is 0.775. The van der Waals surface area contributed by atoms with Crippen molar-refractivity contribution in [2.24, 2.45) is 0 Å². The molecule has 7 heteroatoms. The summed E-state index contributed by atoms with van der Waals surface area (Å²) in [6.07, 6.45) is 3.96. The van der Waals surface area contributed by atoms with Crippen LogP contribution in [0.4, 0.5) is 11.4 Å². The zero-order valence-corrected chi connectivity index (χ0v) is 18.0. The molecule has 0 unspecified atom stereocenters. The van der Waals surface area contributed by atoms with Crippen LogP contribution in [-0.2, 0) is 21.2 Å². The molecule has 0 spiro atoms. The van der Waals surface area contributed by atoms with Gasteiger partial charge in [0, 0.05) is 18.7 Å². The first-order valence-corrected chi connectivity index (χ1v) is 11.8. The number of amides is 1. The lowest BCUT2D eigenvalue weighted by atomic mass is 10.1. The highest BCUT2D eigenvalue weighted by Gasteiger charge is 2.31.